The largest absolute Gasteiger partial charge is 0.444 e. The van der Waals surface area contributed by atoms with E-state index in [1.165, 1.54) is 0 Å². The molecule has 196 valence electrons. The highest BCUT2D eigenvalue weighted by atomic mass is 16.6. The number of unbranched alkanes of at least 4 members (excludes halogenated alkanes) is 1. The Morgan fingerprint density at radius 2 is 1.57 bits per heavy atom. The lowest BCUT2D eigenvalue weighted by Gasteiger charge is -2.33. The molecule has 0 aromatic heterocycles. The summed E-state index contributed by atoms with van der Waals surface area (Å²) in [6.45, 7) is 9.27. The summed E-state index contributed by atoms with van der Waals surface area (Å²) < 4.78 is 5.33. The van der Waals surface area contributed by atoms with Gasteiger partial charge < -0.3 is 20.3 Å². The third kappa shape index (κ3) is 7.81. The first-order chi connectivity index (χ1) is 17.6. The van der Waals surface area contributed by atoms with Gasteiger partial charge in [0.1, 0.15) is 17.7 Å². The highest BCUT2D eigenvalue weighted by Gasteiger charge is 2.34. The SMILES string of the molecule is CCCCN(C(=O)C(C)NC(=O)OC(C)(C)C)C(C(=O)Nc1ccc2ccccc2c1)c1ccccc1. The van der Waals surface area contributed by atoms with Crippen LogP contribution < -0.4 is 10.6 Å². The summed E-state index contributed by atoms with van der Waals surface area (Å²) in [4.78, 5) is 41.3. The van der Waals surface area contributed by atoms with Gasteiger partial charge in [0.05, 0.1) is 0 Å². The molecule has 0 aliphatic rings. The zero-order chi connectivity index (χ0) is 27.0. The summed E-state index contributed by atoms with van der Waals surface area (Å²) in [5, 5.41) is 7.71. The van der Waals surface area contributed by atoms with Crippen molar-refractivity contribution in [2.24, 2.45) is 0 Å². The molecule has 0 aliphatic carbocycles. The summed E-state index contributed by atoms with van der Waals surface area (Å²) >= 11 is 0. The molecule has 3 aromatic carbocycles. The predicted molar refractivity (Wildman–Crippen MR) is 147 cm³/mol. The molecule has 2 unspecified atom stereocenters. The second kappa shape index (κ2) is 12.4. The molecule has 2 atom stereocenters. The van der Waals surface area contributed by atoms with Crippen molar-refractivity contribution in [1.82, 2.24) is 10.2 Å². The molecular weight excluding hydrogens is 466 g/mol. The van der Waals surface area contributed by atoms with Crippen LogP contribution >= 0.6 is 0 Å². The van der Waals surface area contributed by atoms with Crippen molar-refractivity contribution < 1.29 is 19.1 Å². The van der Waals surface area contributed by atoms with Gasteiger partial charge in [-0.3, -0.25) is 9.59 Å². The van der Waals surface area contributed by atoms with Crippen LogP contribution in [0.1, 0.15) is 59.1 Å². The summed E-state index contributed by atoms with van der Waals surface area (Å²) in [5.41, 5.74) is 0.642. The number of carbonyl (C=O) groups is 3. The first kappa shape index (κ1) is 27.7. The minimum absolute atomic E-state index is 0.324. The van der Waals surface area contributed by atoms with Crippen molar-refractivity contribution in [3.63, 3.8) is 0 Å². The highest BCUT2D eigenvalue weighted by Crippen LogP contribution is 2.26. The number of nitrogens with zero attached hydrogens (tertiary/aromatic N) is 1. The third-order valence-electron chi connectivity index (χ3n) is 5.83. The fourth-order valence-corrected chi connectivity index (χ4v) is 4.08. The van der Waals surface area contributed by atoms with Crippen molar-refractivity contribution in [2.45, 2.75) is 65.1 Å². The Hall–Kier alpha value is -3.87. The molecule has 0 heterocycles. The van der Waals surface area contributed by atoms with E-state index >= 15 is 0 Å². The molecule has 0 radical (unpaired) electrons. The van der Waals surface area contributed by atoms with Crippen LogP contribution in [-0.4, -0.2) is 41.0 Å². The van der Waals surface area contributed by atoms with Gasteiger partial charge in [0.2, 0.25) is 5.91 Å². The van der Waals surface area contributed by atoms with E-state index in [2.05, 4.69) is 10.6 Å². The van der Waals surface area contributed by atoms with E-state index in [4.69, 9.17) is 4.74 Å². The van der Waals surface area contributed by atoms with Crippen molar-refractivity contribution in [3.05, 3.63) is 78.4 Å². The molecular formula is C30H37N3O4. The molecule has 7 heteroatoms. The Morgan fingerprint density at radius 1 is 0.919 bits per heavy atom. The fraction of sp³-hybridized carbons (Fsp3) is 0.367. The van der Waals surface area contributed by atoms with E-state index in [-0.39, 0.29) is 11.8 Å². The van der Waals surface area contributed by atoms with Crippen molar-refractivity contribution in [2.75, 3.05) is 11.9 Å². The normalized spacial score (nSPS) is 12.9. The number of nitrogens with one attached hydrogen (secondary N) is 2. The number of fused-ring (bicyclic) bond motifs is 1. The van der Waals surface area contributed by atoms with E-state index in [9.17, 15) is 14.4 Å². The summed E-state index contributed by atoms with van der Waals surface area (Å²) in [5.74, 6) is -0.683. The van der Waals surface area contributed by atoms with E-state index in [0.717, 1.165) is 17.2 Å². The molecule has 3 amide bonds. The molecule has 0 saturated heterocycles. The topological polar surface area (TPSA) is 87.7 Å². The van der Waals surface area contributed by atoms with Crippen molar-refractivity contribution in [3.8, 4) is 0 Å². The molecule has 3 rings (SSSR count). The second-order valence-corrected chi connectivity index (χ2v) is 10.1. The zero-order valence-corrected chi connectivity index (χ0v) is 22.3. The number of carbonyl (C=O) groups excluding carboxylic acids is 3. The molecule has 0 fully saturated rings. The highest BCUT2D eigenvalue weighted by molar-refractivity contribution is 6.00. The van der Waals surface area contributed by atoms with Crippen LogP contribution in [-0.2, 0) is 14.3 Å². The number of amides is 3. The van der Waals surface area contributed by atoms with Crippen LogP contribution in [0.3, 0.4) is 0 Å². The van der Waals surface area contributed by atoms with Crippen LogP contribution in [0.4, 0.5) is 10.5 Å². The smallest absolute Gasteiger partial charge is 0.408 e. The average molecular weight is 504 g/mol. The lowest BCUT2D eigenvalue weighted by atomic mass is 10.0. The molecule has 0 spiro atoms. The lowest BCUT2D eigenvalue weighted by Crippen LogP contribution is -2.51. The minimum atomic E-state index is -0.883. The quantitative estimate of drug-likeness (QED) is 0.371. The molecule has 7 nitrogen and oxygen atoms in total. The average Bonchev–Trinajstić information content (AvgIpc) is 2.85. The van der Waals surface area contributed by atoms with Crippen LogP contribution in [0, 0.1) is 0 Å². The first-order valence-corrected chi connectivity index (χ1v) is 12.7. The van der Waals surface area contributed by atoms with Crippen molar-refractivity contribution >= 4 is 34.4 Å². The first-order valence-electron chi connectivity index (χ1n) is 12.7. The monoisotopic (exact) mass is 503 g/mol. The molecule has 3 aromatic rings. The minimum Gasteiger partial charge on any atom is -0.444 e. The molecule has 0 saturated carbocycles. The second-order valence-electron chi connectivity index (χ2n) is 10.1. The Morgan fingerprint density at radius 3 is 2.22 bits per heavy atom. The lowest BCUT2D eigenvalue weighted by molar-refractivity contribution is -0.140. The maximum absolute atomic E-state index is 13.8. The predicted octanol–water partition coefficient (Wildman–Crippen LogP) is 6.06. The van der Waals surface area contributed by atoms with Crippen LogP contribution in [0.15, 0.2) is 72.8 Å². The van der Waals surface area contributed by atoms with Gasteiger partial charge in [0.15, 0.2) is 0 Å². The van der Waals surface area contributed by atoms with Crippen LogP contribution in [0.2, 0.25) is 0 Å². The Balaban J connectivity index is 1.91. The number of alkyl carbamates (subject to hydrolysis) is 1. The summed E-state index contributed by atoms with van der Waals surface area (Å²) in [7, 11) is 0. The van der Waals surface area contributed by atoms with Gasteiger partial charge in [-0.25, -0.2) is 4.79 Å². The zero-order valence-electron chi connectivity index (χ0n) is 22.3. The molecule has 0 aliphatic heterocycles. The van der Waals surface area contributed by atoms with Gasteiger partial charge in [0, 0.05) is 12.2 Å². The van der Waals surface area contributed by atoms with E-state index in [1.54, 1.807) is 32.6 Å². The van der Waals surface area contributed by atoms with Crippen LogP contribution in [0.25, 0.3) is 10.8 Å². The fourth-order valence-electron chi connectivity index (χ4n) is 4.08. The van der Waals surface area contributed by atoms with Gasteiger partial charge >= 0.3 is 6.09 Å². The summed E-state index contributed by atoms with van der Waals surface area (Å²) in [6.07, 6.45) is 0.865. The molecule has 37 heavy (non-hydrogen) atoms. The van der Waals surface area contributed by atoms with Gasteiger partial charge in [-0.1, -0.05) is 74.0 Å². The Kier molecular flexibility index (Phi) is 9.28. The van der Waals surface area contributed by atoms with Crippen LogP contribution in [0.5, 0.6) is 0 Å². The van der Waals surface area contributed by atoms with Gasteiger partial charge in [0.25, 0.3) is 5.91 Å². The number of anilines is 1. The maximum Gasteiger partial charge on any atom is 0.408 e. The van der Waals surface area contributed by atoms with Gasteiger partial charge in [-0.15, -0.1) is 0 Å². The number of ether oxygens (including phenoxy) is 1. The summed E-state index contributed by atoms with van der Waals surface area (Å²) in [6, 6.07) is 21.1. The Labute approximate surface area is 219 Å². The van der Waals surface area contributed by atoms with Crippen molar-refractivity contribution in [1.29, 1.82) is 0 Å². The van der Waals surface area contributed by atoms with E-state index in [0.29, 0.717) is 24.2 Å². The molecule has 2 N–H and O–H groups in total. The number of benzene rings is 3. The number of rotatable bonds is 9. The number of hydrogen-bond acceptors (Lipinski definition) is 4. The number of hydrogen-bond donors (Lipinski definition) is 2. The van der Waals surface area contributed by atoms with Gasteiger partial charge in [-0.2, -0.15) is 0 Å². The Bertz CT molecular complexity index is 1220. The van der Waals surface area contributed by atoms with E-state index < -0.39 is 23.8 Å². The molecule has 0 bridgehead atoms. The maximum atomic E-state index is 13.8. The standard InChI is InChI=1S/C30H37N3O4/c1-6-7-19-33(28(35)21(2)31-29(36)37-30(3,4)5)26(23-14-9-8-10-15-23)27(34)32-25-18-17-22-13-11-12-16-24(22)20-25/h8-18,20-21,26H,6-7,19H2,1-5H3,(H,31,36)(H,32,34). The van der Waals surface area contributed by atoms with Gasteiger partial charge in [-0.05, 0) is 62.6 Å². The van der Waals surface area contributed by atoms with E-state index in [1.807, 2.05) is 79.7 Å². The third-order valence-corrected chi connectivity index (χ3v) is 5.83.